The van der Waals surface area contributed by atoms with Crippen LogP contribution in [0.25, 0.3) is 0 Å². The summed E-state index contributed by atoms with van der Waals surface area (Å²) in [6, 6.07) is 15.0. The van der Waals surface area contributed by atoms with Crippen molar-refractivity contribution in [1.82, 2.24) is 0 Å². The first kappa shape index (κ1) is 13.0. The average Bonchev–Trinajstić information content (AvgIpc) is 2.43. The average molecular weight is 253 g/mol. The lowest BCUT2D eigenvalue weighted by atomic mass is 10.1. The van der Waals surface area contributed by atoms with Crippen molar-refractivity contribution in [3.05, 3.63) is 53.6 Å². The molecule has 0 spiro atoms. The molecule has 0 saturated carbocycles. The van der Waals surface area contributed by atoms with Crippen LogP contribution in [0.15, 0.2) is 42.5 Å². The van der Waals surface area contributed by atoms with Crippen LogP contribution in [0.2, 0.25) is 0 Å². The first-order chi connectivity index (χ1) is 9.24. The summed E-state index contributed by atoms with van der Waals surface area (Å²) in [5.41, 5.74) is 1.47. The highest BCUT2D eigenvalue weighted by Gasteiger charge is 2.07. The lowest BCUT2D eigenvalue weighted by Gasteiger charge is -2.10. The number of hydrogen-bond acceptors (Lipinski definition) is 3. The van der Waals surface area contributed by atoms with Gasteiger partial charge in [0.25, 0.3) is 0 Å². The molecule has 0 heterocycles. The summed E-state index contributed by atoms with van der Waals surface area (Å²) in [4.78, 5) is 0. The molecule has 0 bridgehead atoms. The third-order valence-electron chi connectivity index (χ3n) is 2.69. The maximum absolute atomic E-state index is 9.08. The van der Waals surface area contributed by atoms with Gasteiger partial charge in [0.15, 0.2) is 0 Å². The van der Waals surface area contributed by atoms with E-state index in [9.17, 15) is 0 Å². The Hall–Kier alpha value is -2.47. The van der Waals surface area contributed by atoms with Gasteiger partial charge in [-0.25, -0.2) is 0 Å². The van der Waals surface area contributed by atoms with Gasteiger partial charge in [0.05, 0.1) is 12.2 Å². The molecule has 96 valence electrons. The second kappa shape index (κ2) is 5.92. The largest absolute Gasteiger partial charge is 0.494 e. The molecule has 0 unspecified atom stereocenters. The van der Waals surface area contributed by atoms with Gasteiger partial charge in [-0.2, -0.15) is 5.26 Å². The van der Waals surface area contributed by atoms with E-state index in [-0.39, 0.29) is 0 Å². The van der Waals surface area contributed by atoms with Gasteiger partial charge in [0.2, 0.25) is 0 Å². The Morgan fingerprint density at radius 2 is 1.74 bits per heavy atom. The minimum absolute atomic E-state index is 0.536. The zero-order valence-corrected chi connectivity index (χ0v) is 11.0. The van der Waals surface area contributed by atoms with E-state index in [1.165, 1.54) is 0 Å². The predicted octanol–water partition coefficient (Wildman–Crippen LogP) is 4.06. The molecule has 0 radical (unpaired) electrons. The number of nitriles is 1. The quantitative estimate of drug-likeness (QED) is 0.825. The van der Waals surface area contributed by atoms with E-state index in [0.29, 0.717) is 23.7 Å². The molecule has 19 heavy (non-hydrogen) atoms. The van der Waals surface area contributed by atoms with Gasteiger partial charge in [0.1, 0.15) is 23.3 Å². The van der Waals surface area contributed by atoms with Crippen molar-refractivity contribution in [1.29, 1.82) is 5.26 Å². The van der Waals surface area contributed by atoms with Gasteiger partial charge < -0.3 is 9.47 Å². The van der Waals surface area contributed by atoms with Gasteiger partial charge in [-0.1, -0.05) is 12.1 Å². The molecule has 3 nitrogen and oxygen atoms in total. The first-order valence-electron chi connectivity index (χ1n) is 6.15. The molecule has 0 aliphatic rings. The van der Waals surface area contributed by atoms with Crippen molar-refractivity contribution in [2.24, 2.45) is 0 Å². The Bertz CT molecular complexity index is 597. The van der Waals surface area contributed by atoms with Crippen LogP contribution < -0.4 is 9.47 Å². The van der Waals surface area contributed by atoms with Gasteiger partial charge >= 0.3 is 0 Å². The molecular formula is C16H15NO2. The van der Waals surface area contributed by atoms with Gasteiger partial charge in [0, 0.05) is 0 Å². The number of benzene rings is 2. The fraction of sp³-hybridized carbons (Fsp3) is 0.188. The van der Waals surface area contributed by atoms with E-state index in [1.807, 2.05) is 50.2 Å². The van der Waals surface area contributed by atoms with Gasteiger partial charge in [-0.15, -0.1) is 0 Å². The highest BCUT2D eigenvalue weighted by molar-refractivity contribution is 5.50. The third-order valence-corrected chi connectivity index (χ3v) is 2.69. The second-order valence-corrected chi connectivity index (χ2v) is 4.07. The van der Waals surface area contributed by atoms with E-state index >= 15 is 0 Å². The molecule has 0 N–H and O–H groups in total. The number of ether oxygens (including phenoxy) is 2. The zero-order valence-electron chi connectivity index (χ0n) is 11.0. The summed E-state index contributed by atoms with van der Waals surface area (Å²) < 4.78 is 11.2. The van der Waals surface area contributed by atoms with E-state index in [0.717, 1.165) is 11.3 Å². The second-order valence-electron chi connectivity index (χ2n) is 4.07. The maximum atomic E-state index is 9.08. The fourth-order valence-corrected chi connectivity index (χ4v) is 1.76. The van der Waals surface area contributed by atoms with Crippen molar-refractivity contribution in [3.8, 4) is 23.3 Å². The minimum atomic E-state index is 0.536. The van der Waals surface area contributed by atoms with Crippen LogP contribution >= 0.6 is 0 Å². The summed E-state index contributed by atoms with van der Waals surface area (Å²) in [7, 11) is 0. The van der Waals surface area contributed by atoms with Crippen molar-refractivity contribution in [2.45, 2.75) is 13.8 Å². The van der Waals surface area contributed by atoms with Gasteiger partial charge in [-0.3, -0.25) is 0 Å². The molecule has 0 amide bonds. The summed E-state index contributed by atoms with van der Waals surface area (Å²) >= 11 is 0. The Morgan fingerprint density at radius 3 is 2.37 bits per heavy atom. The molecule has 0 saturated heterocycles. The Morgan fingerprint density at radius 1 is 1.05 bits per heavy atom. The maximum Gasteiger partial charge on any atom is 0.148 e. The monoisotopic (exact) mass is 253 g/mol. The molecule has 0 atom stereocenters. The SMILES string of the molecule is CCOc1ccc(Oc2c(C)cccc2C#N)cc1. The molecule has 2 aromatic rings. The topological polar surface area (TPSA) is 42.2 Å². The minimum Gasteiger partial charge on any atom is -0.494 e. The molecule has 3 heteroatoms. The smallest absolute Gasteiger partial charge is 0.148 e. The first-order valence-corrected chi connectivity index (χ1v) is 6.15. The molecule has 2 aromatic carbocycles. The lowest BCUT2D eigenvalue weighted by Crippen LogP contribution is -1.93. The molecule has 0 aliphatic heterocycles. The van der Waals surface area contributed by atoms with Crippen molar-refractivity contribution in [3.63, 3.8) is 0 Å². The van der Waals surface area contributed by atoms with Crippen LogP contribution in [0, 0.1) is 18.3 Å². The van der Waals surface area contributed by atoms with Crippen LogP contribution in [0.5, 0.6) is 17.2 Å². The number of rotatable bonds is 4. The number of hydrogen-bond donors (Lipinski definition) is 0. The summed E-state index contributed by atoms with van der Waals surface area (Å²) in [5, 5.41) is 9.08. The molecule has 0 fully saturated rings. The van der Waals surface area contributed by atoms with Crippen molar-refractivity contribution < 1.29 is 9.47 Å². The molecule has 0 aliphatic carbocycles. The normalized spacial score (nSPS) is 9.74. The molecular weight excluding hydrogens is 238 g/mol. The van der Waals surface area contributed by atoms with Crippen LogP contribution in [0.1, 0.15) is 18.1 Å². The zero-order chi connectivity index (χ0) is 13.7. The van der Waals surface area contributed by atoms with E-state index in [4.69, 9.17) is 14.7 Å². The highest BCUT2D eigenvalue weighted by atomic mass is 16.5. The molecule has 0 aromatic heterocycles. The van der Waals surface area contributed by atoms with Crippen LogP contribution in [0.4, 0.5) is 0 Å². The van der Waals surface area contributed by atoms with Crippen molar-refractivity contribution >= 4 is 0 Å². The summed E-state index contributed by atoms with van der Waals surface area (Å²) in [6.45, 7) is 4.50. The number of para-hydroxylation sites is 1. The Kier molecular flexibility index (Phi) is 4.04. The Labute approximate surface area is 113 Å². The standard InChI is InChI=1S/C16H15NO2/c1-3-18-14-7-9-15(10-8-14)19-16-12(2)5-4-6-13(16)11-17/h4-10H,3H2,1-2H3. The van der Waals surface area contributed by atoms with Crippen LogP contribution in [0.3, 0.4) is 0 Å². The Balaban J connectivity index is 2.24. The molecule has 2 rings (SSSR count). The van der Waals surface area contributed by atoms with Crippen LogP contribution in [-0.2, 0) is 0 Å². The van der Waals surface area contributed by atoms with E-state index in [2.05, 4.69) is 6.07 Å². The lowest BCUT2D eigenvalue weighted by molar-refractivity contribution is 0.339. The number of nitrogens with zero attached hydrogens (tertiary/aromatic N) is 1. The van der Waals surface area contributed by atoms with Crippen LogP contribution in [-0.4, -0.2) is 6.61 Å². The van der Waals surface area contributed by atoms with Gasteiger partial charge in [-0.05, 0) is 49.7 Å². The third kappa shape index (κ3) is 3.05. The highest BCUT2D eigenvalue weighted by Crippen LogP contribution is 2.29. The van der Waals surface area contributed by atoms with Crippen molar-refractivity contribution in [2.75, 3.05) is 6.61 Å². The summed E-state index contributed by atoms with van der Waals surface area (Å²) in [6.07, 6.45) is 0. The predicted molar refractivity (Wildman–Crippen MR) is 73.6 cm³/mol. The van der Waals surface area contributed by atoms with E-state index < -0.39 is 0 Å². The fourth-order valence-electron chi connectivity index (χ4n) is 1.76. The number of aryl methyl sites for hydroxylation is 1. The summed E-state index contributed by atoms with van der Waals surface area (Å²) in [5.74, 6) is 2.10. The van der Waals surface area contributed by atoms with E-state index in [1.54, 1.807) is 6.07 Å².